The van der Waals surface area contributed by atoms with Gasteiger partial charge in [0.15, 0.2) is 0 Å². The van der Waals surface area contributed by atoms with Crippen molar-refractivity contribution in [2.45, 2.75) is 13.3 Å². The van der Waals surface area contributed by atoms with Crippen molar-refractivity contribution in [3.05, 3.63) is 29.8 Å². The fourth-order valence-corrected chi connectivity index (χ4v) is 0.869. The van der Waals surface area contributed by atoms with Gasteiger partial charge in [-0.05, 0) is 30.7 Å². The summed E-state index contributed by atoms with van der Waals surface area (Å²) < 4.78 is 11.5. The van der Waals surface area contributed by atoms with Crippen LogP contribution in [0.25, 0.3) is 0 Å². The Morgan fingerprint density at radius 1 is 1.54 bits per heavy atom. The number of phenols is 1. The molecule has 1 aromatic carbocycles. The van der Waals surface area contributed by atoms with Gasteiger partial charge in [-0.25, -0.2) is 4.79 Å². The summed E-state index contributed by atoms with van der Waals surface area (Å²) in [6.07, 6.45) is 0.805. The normalized spacial score (nSPS) is 10.4. The second-order valence-corrected chi connectivity index (χ2v) is 2.66. The Morgan fingerprint density at radius 2 is 2.23 bits per heavy atom. The average Bonchev–Trinajstić information content (AvgIpc) is 2.26. The Hall–Kier alpha value is -1.51. The average molecular weight is 181 g/mol. The lowest BCUT2D eigenvalue weighted by atomic mass is 10.2. The Labute approximate surface area is 78.5 Å². The van der Waals surface area contributed by atoms with Crippen LogP contribution in [0.4, 0.5) is 0 Å². The van der Waals surface area contributed by atoms with Crippen molar-refractivity contribution < 1.29 is 14.6 Å². The zero-order valence-corrected chi connectivity index (χ0v) is 7.45. The third kappa shape index (κ3) is 2.78. The van der Waals surface area contributed by atoms with E-state index in [0.29, 0.717) is 17.9 Å². The van der Waals surface area contributed by atoms with E-state index in [-0.39, 0.29) is 5.97 Å². The standard InChI is InChI=1S/C10H12O3/c1-2-7-13-10(12)8-3-5-9(11)6-4-8/h3-6,11H,2,7H2,1H3/i/hD. The van der Waals surface area contributed by atoms with Crippen molar-refractivity contribution in [3.63, 3.8) is 0 Å². The lowest BCUT2D eigenvalue weighted by molar-refractivity contribution is 0.0505. The van der Waals surface area contributed by atoms with Crippen LogP contribution < -0.4 is 0 Å². The lowest BCUT2D eigenvalue weighted by Gasteiger charge is -2.02. The number of phenolic OH excluding ortho intramolecular Hbond substituents is 1. The van der Waals surface area contributed by atoms with Crippen LogP contribution in [0, 0.1) is 0 Å². The molecule has 0 aromatic heterocycles. The zero-order chi connectivity index (χ0) is 10.4. The van der Waals surface area contributed by atoms with Gasteiger partial charge in [0.1, 0.15) is 5.75 Å². The first-order valence-corrected chi connectivity index (χ1v) is 4.18. The summed E-state index contributed by atoms with van der Waals surface area (Å²) in [5.41, 5.74) is 0.472. The number of benzene rings is 1. The van der Waals surface area contributed by atoms with E-state index in [4.69, 9.17) is 6.17 Å². The van der Waals surface area contributed by atoms with Gasteiger partial charge in [0.05, 0.1) is 12.2 Å². The van der Waals surface area contributed by atoms with Gasteiger partial charge >= 0.3 is 5.97 Å². The molecule has 0 unspecified atom stereocenters. The molecule has 0 amide bonds. The first kappa shape index (κ1) is 8.10. The minimum atomic E-state index is -0.344. The molecule has 0 fully saturated rings. The summed E-state index contributed by atoms with van der Waals surface area (Å²) in [7, 11) is 0. The van der Waals surface area contributed by atoms with Crippen LogP contribution in [0.15, 0.2) is 24.3 Å². The maximum absolute atomic E-state index is 11.3. The van der Waals surface area contributed by atoms with Crippen molar-refractivity contribution in [3.8, 4) is 5.75 Å². The fourth-order valence-electron chi connectivity index (χ4n) is 0.869. The van der Waals surface area contributed by atoms with Gasteiger partial charge in [-0.3, -0.25) is 0 Å². The predicted molar refractivity (Wildman–Crippen MR) is 48.7 cm³/mol. The topological polar surface area (TPSA) is 46.5 Å². The molecule has 0 radical (unpaired) electrons. The van der Waals surface area contributed by atoms with E-state index in [1.165, 1.54) is 0 Å². The summed E-state index contributed by atoms with van der Waals surface area (Å²) in [6, 6.07) is 6.24. The monoisotopic (exact) mass is 181 g/mol. The highest BCUT2D eigenvalue weighted by atomic mass is 16.5. The third-order valence-corrected chi connectivity index (χ3v) is 1.53. The van der Waals surface area contributed by atoms with Gasteiger partial charge in [-0.15, -0.1) is 0 Å². The van der Waals surface area contributed by atoms with E-state index in [9.17, 15) is 4.79 Å². The maximum Gasteiger partial charge on any atom is 0.338 e. The number of ether oxygens (including phenoxy) is 1. The van der Waals surface area contributed by atoms with E-state index in [2.05, 4.69) is 5.11 Å². The van der Waals surface area contributed by atoms with Crippen LogP contribution in [-0.2, 0) is 4.74 Å². The van der Waals surface area contributed by atoms with Crippen LogP contribution in [0.2, 0.25) is 0 Å². The molecular formula is C10H12O3. The van der Waals surface area contributed by atoms with Crippen molar-refractivity contribution in [2.24, 2.45) is 0 Å². The highest BCUT2D eigenvalue weighted by Gasteiger charge is 2.05. The molecular weight excluding hydrogens is 168 g/mol. The molecule has 13 heavy (non-hydrogen) atoms. The molecule has 0 aliphatic rings. The van der Waals surface area contributed by atoms with Gasteiger partial charge in [0, 0.05) is 0 Å². The quantitative estimate of drug-likeness (QED) is 0.722. The molecule has 0 saturated carbocycles. The number of aromatic hydroxyl groups is 1. The number of rotatable bonds is 4. The molecule has 0 spiro atoms. The highest BCUT2D eigenvalue weighted by molar-refractivity contribution is 5.89. The first-order chi connectivity index (χ1) is 6.77. The van der Waals surface area contributed by atoms with E-state index < -0.39 is 0 Å². The van der Waals surface area contributed by atoms with Gasteiger partial charge in [0.25, 0.3) is 1.43 Å². The summed E-state index contributed by atoms with van der Waals surface area (Å²) >= 11 is 0. The first-order valence-electron chi connectivity index (χ1n) is 4.59. The fraction of sp³-hybridized carbons (Fsp3) is 0.300. The van der Waals surface area contributed by atoms with Crippen molar-refractivity contribution in [1.82, 2.24) is 0 Å². The van der Waals surface area contributed by atoms with Crippen molar-refractivity contribution >= 4 is 5.97 Å². The van der Waals surface area contributed by atoms with E-state index in [1.807, 2.05) is 6.92 Å². The Bertz CT molecular complexity index is 295. The third-order valence-electron chi connectivity index (χ3n) is 1.53. The SMILES string of the molecule is [2H]Oc1ccc(C(=O)OCCC)cc1. The molecule has 0 atom stereocenters. The Kier molecular flexibility index (Phi) is 2.81. The maximum atomic E-state index is 11.3. The Balaban J connectivity index is 2.62. The summed E-state index contributed by atoms with van der Waals surface area (Å²) in [6.45, 7) is 2.36. The summed E-state index contributed by atoms with van der Waals surface area (Å²) in [5, 5.41) is 4.23. The minimum Gasteiger partial charge on any atom is -0.508 e. The van der Waals surface area contributed by atoms with Crippen LogP contribution in [-0.4, -0.2) is 19.1 Å². The zero-order valence-electron chi connectivity index (χ0n) is 8.45. The van der Waals surface area contributed by atoms with Gasteiger partial charge in [-0.2, -0.15) is 0 Å². The number of carbonyl (C=O) groups excluding carboxylic acids is 1. The second kappa shape index (κ2) is 4.50. The largest absolute Gasteiger partial charge is 0.508 e. The number of carbonyl (C=O) groups is 1. The van der Waals surface area contributed by atoms with Crippen LogP contribution in [0.1, 0.15) is 23.7 Å². The number of esters is 1. The molecule has 0 saturated heterocycles. The summed E-state index contributed by atoms with van der Waals surface area (Å²) in [5.74, 6) is 0.0559. The van der Waals surface area contributed by atoms with E-state index in [0.717, 1.165) is 6.42 Å². The van der Waals surface area contributed by atoms with E-state index >= 15 is 0 Å². The molecule has 0 aliphatic carbocycles. The lowest BCUT2D eigenvalue weighted by Crippen LogP contribution is -2.05. The molecule has 1 N–H and O–H groups in total. The minimum absolute atomic E-state index is 0.344. The molecule has 1 rings (SSSR count). The number of hydrogen-bond acceptors (Lipinski definition) is 3. The van der Waals surface area contributed by atoms with E-state index in [1.54, 1.807) is 24.3 Å². The molecule has 3 heteroatoms. The Morgan fingerprint density at radius 3 is 2.77 bits per heavy atom. The highest BCUT2D eigenvalue weighted by Crippen LogP contribution is 2.10. The molecule has 3 nitrogen and oxygen atoms in total. The molecule has 0 bridgehead atoms. The molecule has 0 aliphatic heterocycles. The van der Waals surface area contributed by atoms with Crippen LogP contribution in [0.5, 0.6) is 5.75 Å². The second-order valence-electron chi connectivity index (χ2n) is 2.66. The molecule has 0 heterocycles. The van der Waals surface area contributed by atoms with Crippen LogP contribution >= 0.6 is 0 Å². The van der Waals surface area contributed by atoms with Gasteiger partial charge < -0.3 is 9.85 Å². The van der Waals surface area contributed by atoms with Crippen molar-refractivity contribution in [2.75, 3.05) is 6.61 Å². The summed E-state index contributed by atoms with van der Waals surface area (Å²) in [4.78, 5) is 11.3. The van der Waals surface area contributed by atoms with Gasteiger partial charge in [0.2, 0.25) is 0 Å². The number of hydrogen-bond donors (Lipinski definition) is 1. The molecule has 70 valence electrons. The smallest absolute Gasteiger partial charge is 0.338 e. The predicted octanol–water partition coefficient (Wildman–Crippen LogP) is 1.96. The van der Waals surface area contributed by atoms with Crippen LogP contribution in [0.3, 0.4) is 0 Å². The molecule has 1 aromatic rings. The van der Waals surface area contributed by atoms with Crippen molar-refractivity contribution in [1.29, 1.82) is 1.43 Å². The van der Waals surface area contributed by atoms with Gasteiger partial charge in [-0.1, -0.05) is 6.92 Å².